The van der Waals surface area contributed by atoms with Gasteiger partial charge in [0.2, 0.25) is 0 Å². The molecule has 0 aromatic heterocycles. The predicted octanol–water partition coefficient (Wildman–Crippen LogP) is 5.67. The maximum Gasteiger partial charge on any atom is 0.0678 e. The van der Waals surface area contributed by atoms with Crippen LogP contribution in [0.1, 0.15) is 36.1 Å². The molecule has 0 unspecified atom stereocenters. The lowest BCUT2D eigenvalue weighted by atomic mass is 9.76. The highest BCUT2D eigenvalue weighted by Gasteiger charge is 2.39. The van der Waals surface area contributed by atoms with Gasteiger partial charge in [-0.3, -0.25) is 4.99 Å². The Balaban J connectivity index is 1.71. The van der Waals surface area contributed by atoms with E-state index in [0.29, 0.717) is 0 Å². The molecule has 0 fully saturated rings. The van der Waals surface area contributed by atoms with Gasteiger partial charge in [-0.2, -0.15) is 0 Å². The number of hydrogen-bond donors (Lipinski definition) is 0. The Morgan fingerprint density at radius 3 is 2.38 bits per heavy atom. The van der Waals surface area contributed by atoms with Gasteiger partial charge in [-0.05, 0) is 45.9 Å². The predicted molar refractivity (Wildman–Crippen MR) is 100 cm³/mol. The summed E-state index contributed by atoms with van der Waals surface area (Å²) >= 11 is 0. The molecule has 116 valence electrons. The minimum Gasteiger partial charge on any atom is -0.252 e. The first kappa shape index (κ1) is 13.7. The summed E-state index contributed by atoms with van der Waals surface area (Å²) in [7, 11) is 0. The Kier molecular flexibility index (Phi) is 2.67. The van der Waals surface area contributed by atoms with Crippen LogP contribution in [0, 0.1) is 0 Å². The molecule has 0 atom stereocenters. The summed E-state index contributed by atoms with van der Waals surface area (Å²) in [5.74, 6) is 0. The van der Waals surface area contributed by atoms with E-state index in [1.54, 1.807) is 0 Å². The highest BCUT2D eigenvalue weighted by molar-refractivity contribution is 6.13. The molecular weight excluding hydrogens is 290 g/mol. The summed E-state index contributed by atoms with van der Waals surface area (Å²) in [6.07, 6.45) is 1.02. The molecule has 3 aromatic carbocycles. The van der Waals surface area contributed by atoms with Crippen molar-refractivity contribution in [2.24, 2.45) is 4.99 Å². The average Bonchev–Trinajstić information content (AvgIpc) is 3.10. The van der Waals surface area contributed by atoms with Crippen LogP contribution in [0.5, 0.6) is 0 Å². The van der Waals surface area contributed by atoms with Crippen molar-refractivity contribution in [3.8, 4) is 11.1 Å². The van der Waals surface area contributed by atoms with Gasteiger partial charge in [0, 0.05) is 5.41 Å². The second-order valence-electron chi connectivity index (χ2n) is 7.27. The van der Waals surface area contributed by atoms with Gasteiger partial charge in [0.25, 0.3) is 0 Å². The van der Waals surface area contributed by atoms with E-state index < -0.39 is 0 Å². The van der Waals surface area contributed by atoms with Gasteiger partial charge in [0.15, 0.2) is 0 Å². The zero-order valence-corrected chi connectivity index (χ0v) is 14.0. The van der Waals surface area contributed by atoms with Gasteiger partial charge in [0.1, 0.15) is 0 Å². The lowest BCUT2D eigenvalue weighted by Crippen LogP contribution is -2.27. The quantitative estimate of drug-likeness (QED) is 0.429. The zero-order valence-electron chi connectivity index (χ0n) is 14.0. The summed E-state index contributed by atoms with van der Waals surface area (Å²) in [5, 5.41) is 0. The third-order valence-corrected chi connectivity index (χ3v) is 5.46. The molecular formula is C23H19N. The minimum atomic E-state index is -0.0654. The number of rotatable bonds is 1. The van der Waals surface area contributed by atoms with Crippen LogP contribution in [0.15, 0.2) is 71.7 Å². The molecule has 0 saturated carbocycles. The first-order chi connectivity index (χ1) is 11.7. The van der Waals surface area contributed by atoms with Crippen molar-refractivity contribution in [2.45, 2.75) is 25.7 Å². The summed E-state index contributed by atoms with van der Waals surface area (Å²) in [6.45, 7) is 4.63. The Morgan fingerprint density at radius 1 is 0.792 bits per heavy atom. The van der Waals surface area contributed by atoms with Gasteiger partial charge in [0.05, 0.1) is 11.4 Å². The van der Waals surface area contributed by atoms with Crippen molar-refractivity contribution in [2.75, 3.05) is 0 Å². The lowest BCUT2D eigenvalue weighted by Gasteiger charge is -2.25. The zero-order chi connectivity index (χ0) is 16.3. The van der Waals surface area contributed by atoms with Crippen LogP contribution in [0.25, 0.3) is 11.1 Å². The first-order valence-electron chi connectivity index (χ1n) is 8.55. The fourth-order valence-corrected chi connectivity index (χ4v) is 4.39. The smallest absolute Gasteiger partial charge is 0.0678 e. The van der Waals surface area contributed by atoms with E-state index >= 15 is 0 Å². The van der Waals surface area contributed by atoms with Crippen molar-refractivity contribution in [3.63, 3.8) is 0 Å². The van der Waals surface area contributed by atoms with Gasteiger partial charge in [-0.15, -0.1) is 0 Å². The standard InChI is InChI=1S/C23H19N/c1-23(2)21-19-14-16-10-6-7-11-17(16)18(19)12-13-20(21)24-22(23)15-8-4-3-5-9-15/h3-13H,14H2,1-2H3. The van der Waals surface area contributed by atoms with Crippen molar-refractivity contribution in [1.29, 1.82) is 0 Å². The topological polar surface area (TPSA) is 12.4 Å². The highest BCUT2D eigenvalue weighted by Crippen LogP contribution is 2.50. The third kappa shape index (κ3) is 1.73. The second-order valence-corrected chi connectivity index (χ2v) is 7.27. The van der Waals surface area contributed by atoms with Crippen LogP contribution in [-0.4, -0.2) is 5.71 Å². The van der Waals surface area contributed by atoms with E-state index in [0.717, 1.165) is 12.1 Å². The molecule has 0 saturated heterocycles. The summed E-state index contributed by atoms with van der Waals surface area (Å²) in [4.78, 5) is 5.03. The minimum absolute atomic E-state index is 0.0654. The van der Waals surface area contributed by atoms with Crippen LogP contribution in [0.4, 0.5) is 5.69 Å². The molecule has 3 aromatic rings. The van der Waals surface area contributed by atoms with Gasteiger partial charge < -0.3 is 0 Å². The van der Waals surface area contributed by atoms with Crippen LogP contribution in [0.3, 0.4) is 0 Å². The van der Waals surface area contributed by atoms with Crippen molar-refractivity contribution >= 4 is 11.4 Å². The fraction of sp³-hybridized carbons (Fsp3) is 0.174. The maximum atomic E-state index is 5.03. The lowest BCUT2D eigenvalue weighted by molar-refractivity contribution is 0.729. The summed E-state index contributed by atoms with van der Waals surface area (Å²) in [5.41, 5.74) is 10.6. The Bertz CT molecular complexity index is 994. The van der Waals surface area contributed by atoms with Crippen LogP contribution >= 0.6 is 0 Å². The highest BCUT2D eigenvalue weighted by atomic mass is 14.8. The first-order valence-corrected chi connectivity index (χ1v) is 8.55. The number of benzene rings is 3. The van der Waals surface area contributed by atoms with Gasteiger partial charge in [-0.1, -0.05) is 74.5 Å². The molecule has 0 N–H and O–H groups in total. The number of nitrogens with zero attached hydrogens (tertiary/aromatic N) is 1. The number of aliphatic imine (C=N–C) groups is 1. The number of hydrogen-bond acceptors (Lipinski definition) is 1. The molecule has 1 aliphatic carbocycles. The molecule has 0 bridgehead atoms. The maximum absolute atomic E-state index is 5.03. The molecule has 1 heteroatoms. The average molecular weight is 309 g/mol. The molecule has 1 aliphatic heterocycles. The van der Waals surface area contributed by atoms with Crippen molar-refractivity contribution < 1.29 is 0 Å². The van der Waals surface area contributed by atoms with Gasteiger partial charge >= 0.3 is 0 Å². The molecule has 0 spiro atoms. The largest absolute Gasteiger partial charge is 0.252 e. The van der Waals surface area contributed by atoms with E-state index in [1.165, 1.54) is 39.1 Å². The van der Waals surface area contributed by atoms with E-state index in [2.05, 4.69) is 80.6 Å². The van der Waals surface area contributed by atoms with E-state index in [-0.39, 0.29) is 5.41 Å². The summed E-state index contributed by atoms with van der Waals surface area (Å²) in [6, 6.07) is 23.8. The SMILES string of the molecule is CC1(C)C(c2ccccc2)=Nc2ccc3c(c21)Cc1ccccc1-3. The van der Waals surface area contributed by atoms with Crippen LogP contribution in [0.2, 0.25) is 0 Å². The second kappa shape index (κ2) is 4.67. The van der Waals surface area contributed by atoms with Gasteiger partial charge in [-0.25, -0.2) is 0 Å². The van der Waals surface area contributed by atoms with Crippen LogP contribution in [-0.2, 0) is 11.8 Å². The Hall–Kier alpha value is -2.67. The fourth-order valence-electron chi connectivity index (χ4n) is 4.39. The Morgan fingerprint density at radius 2 is 1.54 bits per heavy atom. The summed E-state index contributed by atoms with van der Waals surface area (Å²) < 4.78 is 0. The normalized spacial score (nSPS) is 16.3. The van der Waals surface area contributed by atoms with Crippen LogP contribution < -0.4 is 0 Å². The molecule has 2 aliphatic rings. The van der Waals surface area contributed by atoms with Crippen molar-refractivity contribution in [3.05, 3.63) is 89.0 Å². The van der Waals surface area contributed by atoms with E-state index in [4.69, 9.17) is 4.99 Å². The molecule has 0 radical (unpaired) electrons. The van der Waals surface area contributed by atoms with Crippen molar-refractivity contribution in [1.82, 2.24) is 0 Å². The number of fused-ring (bicyclic) bond motifs is 5. The molecule has 0 amide bonds. The molecule has 1 heterocycles. The third-order valence-electron chi connectivity index (χ3n) is 5.46. The molecule has 5 rings (SSSR count). The molecule has 24 heavy (non-hydrogen) atoms. The molecule has 1 nitrogen and oxygen atoms in total. The van der Waals surface area contributed by atoms with E-state index in [9.17, 15) is 0 Å². The monoisotopic (exact) mass is 309 g/mol. The van der Waals surface area contributed by atoms with E-state index in [1.807, 2.05) is 0 Å². The Labute approximate surface area is 142 Å².